The maximum atomic E-state index is 13.9. The van der Waals surface area contributed by atoms with E-state index in [1.807, 2.05) is 16.8 Å². The smallest absolute Gasteiger partial charge is 0.323 e. The minimum Gasteiger partial charge on any atom is -0.323 e. The number of rotatable bonds is 5. The number of hydrogen-bond donors (Lipinski definition) is 1. The van der Waals surface area contributed by atoms with Gasteiger partial charge in [0, 0.05) is 18.2 Å². The second kappa shape index (κ2) is 7.84. The summed E-state index contributed by atoms with van der Waals surface area (Å²) in [5.41, 5.74) is 0.488. The van der Waals surface area contributed by atoms with E-state index in [9.17, 15) is 18.4 Å². The summed E-state index contributed by atoms with van der Waals surface area (Å²) in [7, 11) is 0. The average molecular weight is 419 g/mol. The monoisotopic (exact) mass is 419 g/mol. The first kappa shape index (κ1) is 20.0. The Morgan fingerprint density at radius 2 is 1.93 bits per heavy atom. The van der Waals surface area contributed by atoms with Crippen LogP contribution < -0.4 is 5.32 Å². The maximum absolute atomic E-state index is 13.9. The minimum absolute atomic E-state index is 0.0146. The molecular weight excluding hydrogens is 396 g/mol. The van der Waals surface area contributed by atoms with E-state index in [-0.39, 0.29) is 24.4 Å². The number of imide groups is 1. The molecule has 2 aromatic rings. The molecule has 1 atom stereocenters. The average Bonchev–Trinajstić information content (AvgIpc) is 3.28. The first-order chi connectivity index (χ1) is 13.9. The van der Waals surface area contributed by atoms with Crippen molar-refractivity contribution in [3.8, 4) is 0 Å². The first-order valence-electron chi connectivity index (χ1n) is 9.68. The Labute approximate surface area is 172 Å². The van der Waals surface area contributed by atoms with E-state index in [2.05, 4.69) is 10.2 Å². The van der Waals surface area contributed by atoms with Gasteiger partial charge in [0.1, 0.15) is 17.2 Å². The molecule has 8 heteroatoms. The fourth-order valence-electron chi connectivity index (χ4n) is 4.26. The summed E-state index contributed by atoms with van der Waals surface area (Å²) in [6.45, 7) is 3.86. The molecule has 2 fully saturated rings. The van der Waals surface area contributed by atoms with Gasteiger partial charge in [0.05, 0.1) is 6.54 Å². The van der Waals surface area contributed by atoms with Crippen LogP contribution in [-0.4, -0.2) is 40.4 Å². The summed E-state index contributed by atoms with van der Waals surface area (Å²) in [6.07, 6.45) is 1.44. The van der Waals surface area contributed by atoms with Crippen molar-refractivity contribution >= 4 is 23.3 Å². The Bertz CT molecular complexity index is 913. The van der Waals surface area contributed by atoms with Crippen molar-refractivity contribution in [1.82, 2.24) is 15.1 Å². The highest BCUT2D eigenvalue weighted by Gasteiger charge is 2.52. The van der Waals surface area contributed by atoms with Crippen molar-refractivity contribution in [2.45, 2.75) is 38.4 Å². The second-order valence-electron chi connectivity index (χ2n) is 7.94. The van der Waals surface area contributed by atoms with Crippen LogP contribution >= 0.6 is 11.3 Å². The van der Waals surface area contributed by atoms with Crippen LogP contribution in [0.1, 0.15) is 30.9 Å². The van der Waals surface area contributed by atoms with Gasteiger partial charge in [0.25, 0.3) is 5.91 Å². The van der Waals surface area contributed by atoms with Gasteiger partial charge in [-0.2, -0.15) is 11.3 Å². The number of likely N-dealkylation sites (tertiary alicyclic amines) is 1. The highest BCUT2D eigenvalue weighted by Crippen LogP contribution is 2.34. The van der Waals surface area contributed by atoms with Gasteiger partial charge in [-0.05, 0) is 67.2 Å². The largest absolute Gasteiger partial charge is 0.325 e. The summed E-state index contributed by atoms with van der Waals surface area (Å²) in [5, 5.41) is 6.77. The molecule has 1 aromatic heterocycles. The van der Waals surface area contributed by atoms with Gasteiger partial charge in [-0.1, -0.05) is 6.07 Å². The lowest BCUT2D eigenvalue weighted by Crippen LogP contribution is -2.53. The number of carbonyl (C=O) groups is 2. The summed E-state index contributed by atoms with van der Waals surface area (Å²) in [6, 6.07) is 5.20. The van der Waals surface area contributed by atoms with E-state index in [4.69, 9.17) is 0 Å². The van der Waals surface area contributed by atoms with Crippen LogP contribution in [0.15, 0.2) is 35.0 Å². The minimum atomic E-state index is -0.916. The Kier molecular flexibility index (Phi) is 5.40. The van der Waals surface area contributed by atoms with Crippen molar-refractivity contribution in [3.63, 3.8) is 0 Å². The molecular formula is C21H23F2N3O2S. The highest BCUT2D eigenvalue weighted by atomic mass is 32.1. The normalized spacial score (nSPS) is 23.6. The van der Waals surface area contributed by atoms with Crippen LogP contribution in [0.4, 0.5) is 13.6 Å². The lowest BCUT2D eigenvalue weighted by Gasteiger charge is -2.39. The third kappa shape index (κ3) is 3.91. The molecule has 0 saturated carbocycles. The van der Waals surface area contributed by atoms with Gasteiger partial charge in [0.15, 0.2) is 0 Å². The highest BCUT2D eigenvalue weighted by molar-refractivity contribution is 7.07. The zero-order valence-corrected chi connectivity index (χ0v) is 17.0. The van der Waals surface area contributed by atoms with Crippen LogP contribution in [0.3, 0.4) is 0 Å². The van der Waals surface area contributed by atoms with Crippen molar-refractivity contribution < 1.29 is 18.4 Å². The number of nitrogens with one attached hydrogen (secondary N) is 1. The number of carbonyl (C=O) groups excluding carboxylic acids is 2. The molecule has 0 radical (unpaired) electrons. The van der Waals surface area contributed by atoms with Crippen molar-refractivity contribution in [2.24, 2.45) is 5.92 Å². The number of urea groups is 1. The Morgan fingerprint density at radius 1 is 1.17 bits per heavy atom. The van der Waals surface area contributed by atoms with Gasteiger partial charge in [-0.25, -0.2) is 13.6 Å². The lowest BCUT2D eigenvalue weighted by atomic mass is 9.79. The molecule has 4 rings (SSSR count). The predicted molar refractivity (Wildman–Crippen MR) is 106 cm³/mol. The Hall–Kier alpha value is -2.32. The third-order valence-corrected chi connectivity index (χ3v) is 6.77. The lowest BCUT2D eigenvalue weighted by molar-refractivity contribution is -0.133. The quantitative estimate of drug-likeness (QED) is 0.751. The van der Waals surface area contributed by atoms with Gasteiger partial charge in [-0.3, -0.25) is 14.6 Å². The molecule has 0 spiro atoms. The summed E-state index contributed by atoms with van der Waals surface area (Å²) in [5.74, 6) is -1.29. The van der Waals surface area contributed by atoms with E-state index in [1.54, 1.807) is 6.92 Å². The van der Waals surface area contributed by atoms with E-state index in [0.29, 0.717) is 25.2 Å². The summed E-state index contributed by atoms with van der Waals surface area (Å²) in [4.78, 5) is 28.9. The number of hydrogen-bond acceptors (Lipinski definition) is 4. The molecule has 0 unspecified atom stereocenters. The standard InChI is InChI=1S/C21H23F2N3O2S/c1-21(19(27)26(20(28)24-21)11-14-6-9-29-13-14)16-4-7-25(8-5-16)12-15-2-3-17(22)10-18(15)23/h2-3,6,9-10,13,16H,4-5,7-8,11-12H2,1H3,(H,24,28)/t21-/m1/s1. The van der Waals surface area contributed by atoms with Crippen molar-refractivity contribution in [2.75, 3.05) is 13.1 Å². The van der Waals surface area contributed by atoms with E-state index < -0.39 is 17.2 Å². The number of thiophene rings is 1. The van der Waals surface area contributed by atoms with Crippen LogP contribution in [-0.2, 0) is 17.9 Å². The number of piperidine rings is 1. The van der Waals surface area contributed by atoms with Crippen LogP contribution in [0, 0.1) is 17.6 Å². The third-order valence-electron chi connectivity index (χ3n) is 6.04. The van der Waals surface area contributed by atoms with Crippen molar-refractivity contribution in [1.29, 1.82) is 0 Å². The maximum Gasteiger partial charge on any atom is 0.325 e. The molecule has 3 heterocycles. The molecule has 154 valence electrons. The molecule has 5 nitrogen and oxygen atoms in total. The summed E-state index contributed by atoms with van der Waals surface area (Å²) >= 11 is 1.53. The summed E-state index contributed by atoms with van der Waals surface area (Å²) < 4.78 is 27.0. The second-order valence-corrected chi connectivity index (χ2v) is 8.72. The van der Waals surface area contributed by atoms with Gasteiger partial charge in [0.2, 0.25) is 0 Å². The molecule has 3 amide bonds. The van der Waals surface area contributed by atoms with Crippen LogP contribution in [0.2, 0.25) is 0 Å². The molecule has 1 N–H and O–H groups in total. The predicted octanol–water partition coefficient (Wildman–Crippen LogP) is 3.75. The van der Waals surface area contributed by atoms with Crippen LogP contribution in [0.25, 0.3) is 0 Å². The number of benzene rings is 1. The zero-order valence-electron chi connectivity index (χ0n) is 16.2. The van der Waals surface area contributed by atoms with E-state index in [0.717, 1.165) is 24.5 Å². The zero-order chi connectivity index (χ0) is 20.6. The van der Waals surface area contributed by atoms with Gasteiger partial charge < -0.3 is 5.32 Å². The van der Waals surface area contributed by atoms with E-state index >= 15 is 0 Å². The van der Waals surface area contributed by atoms with Gasteiger partial charge >= 0.3 is 6.03 Å². The molecule has 1 aromatic carbocycles. The fraction of sp³-hybridized carbons (Fsp3) is 0.429. The molecule has 2 aliphatic heterocycles. The number of amides is 3. The Balaban J connectivity index is 1.38. The topological polar surface area (TPSA) is 52.7 Å². The molecule has 0 bridgehead atoms. The first-order valence-corrected chi connectivity index (χ1v) is 10.6. The molecule has 2 saturated heterocycles. The number of nitrogens with zero attached hydrogens (tertiary/aromatic N) is 2. The SMILES string of the molecule is C[C@]1(C2CCN(Cc3ccc(F)cc3F)CC2)NC(=O)N(Cc2ccsc2)C1=O. The van der Waals surface area contributed by atoms with E-state index in [1.165, 1.54) is 28.4 Å². The fourth-order valence-corrected chi connectivity index (χ4v) is 4.92. The van der Waals surface area contributed by atoms with Crippen LogP contribution in [0.5, 0.6) is 0 Å². The number of halogens is 2. The van der Waals surface area contributed by atoms with Crippen molar-refractivity contribution in [3.05, 3.63) is 57.8 Å². The molecule has 0 aliphatic carbocycles. The Morgan fingerprint density at radius 3 is 2.59 bits per heavy atom. The molecule has 2 aliphatic rings. The molecule has 29 heavy (non-hydrogen) atoms. The van der Waals surface area contributed by atoms with Gasteiger partial charge in [-0.15, -0.1) is 0 Å².